The molecule has 1 amide bonds. The maximum absolute atomic E-state index is 13.1. The molecule has 1 aliphatic rings. The van der Waals surface area contributed by atoms with E-state index < -0.39 is 22.0 Å². The molecule has 8 nitrogen and oxygen atoms in total. The van der Waals surface area contributed by atoms with Gasteiger partial charge in [0.1, 0.15) is 6.04 Å². The van der Waals surface area contributed by atoms with Crippen LogP contribution in [0.5, 0.6) is 0 Å². The molecule has 0 radical (unpaired) electrons. The monoisotopic (exact) mass is 440 g/mol. The molecule has 162 valence electrons. The predicted molar refractivity (Wildman–Crippen MR) is 116 cm³/mol. The van der Waals surface area contributed by atoms with Crippen molar-refractivity contribution in [3.63, 3.8) is 0 Å². The lowest BCUT2D eigenvalue weighted by molar-refractivity contribution is -0.119. The minimum atomic E-state index is -3.78. The van der Waals surface area contributed by atoms with Crippen LogP contribution in [-0.2, 0) is 14.8 Å². The summed E-state index contributed by atoms with van der Waals surface area (Å²) in [7, 11) is -3.78. The number of carbonyl (C=O) groups excluding carboxylic acids is 1. The van der Waals surface area contributed by atoms with Gasteiger partial charge < -0.3 is 4.42 Å². The Kier molecular flexibility index (Phi) is 5.63. The zero-order valence-electron chi connectivity index (χ0n) is 17.6. The minimum Gasteiger partial charge on any atom is -0.403 e. The predicted octanol–water partition coefficient (Wildman–Crippen LogP) is 3.45. The second-order valence-corrected chi connectivity index (χ2v) is 9.68. The first-order valence-electron chi connectivity index (χ1n) is 10.1. The summed E-state index contributed by atoms with van der Waals surface area (Å²) < 4.78 is 32.9. The van der Waals surface area contributed by atoms with Crippen molar-refractivity contribution in [3.8, 4) is 11.5 Å². The van der Waals surface area contributed by atoms with Gasteiger partial charge in [0.15, 0.2) is 0 Å². The van der Waals surface area contributed by atoms with Crippen LogP contribution in [0.15, 0.2) is 51.8 Å². The van der Waals surface area contributed by atoms with E-state index in [2.05, 4.69) is 15.5 Å². The molecule has 9 heteroatoms. The van der Waals surface area contributed by atoms with Gasteiger partial charge in [-0.15, -0.1) is 5.10 Å². The van der Waals surface area contributed by atoms with E-state index in [0.29, 0.717) is 12.8 Å². The van der Waals surface area contributed by atoms with Gasteiger partial charge in [-0.25, -0.2) is 8.42 Å². The molecule has 2 heterocycles. The molecule has 0 spiro atoms. The lowest BCUT2D eigenvalue weighted by atomic mass is 10.1. The maximum Gasteiger partial charge on any atom is 0.322 e. The number of benzene rings is 2. The Morgan fingerprint density at radius 2 is 1.81 bits per heavy atom. The number of amides is 1. The highest BCUT2D eigenvalue weighted by molar-refractivity contribution is 7.89. The molecule has 1 aliphatic heterocycles. The first-order chi connectivity index (χ1) is 14.8. The second-order valence-electron chi connectivity index (χ2n) is 7.79. The molecular weight excluding hydrogens is 416 g/mol. The number of hydrogen-bond acceptors (Lipinski definition) is 6. The molecule has 0 bridgehead atoms. The molecule has 0 aliphatic carbocycles. The highest BCUT2D eigenvalue weighted by atomic mass is 32.2. The van der Waals surface area contributed by atoms with Crippen molar-refractivity contribution < 1.29 is 17.6 Å². The number of nitrogens with zero attached hydrogens (tertiary/aromatic N) is 3. The fraction of sp³-hybridized carbons (Fsp3) is 0.318. The number of carbonyl (C=O) groups is 1. The number of sulfonamides is 1. The number of nitrogens with one attached hydrogen (secondary N) is 1. The van der Waals surface area contributed by atoms with Crippen molar-refractivity contribution in [3.05, 3.63) is 59.2 Å². The zero-order chi connectivity index (χ0) is 22.2. The van der Waals surface area contributed by atoms with Crippen LogP contribution in [0, 0.1) is 20.8 Å². The molecule has 1 N–H and O–H groups in total. The summed E-state index contributed by atoms with van der Waals surface area (Å²) in [5.41, 5.74) is 3.95. The van der Waals surface area contributed by atoms with Gasteiger partial charge in [-0.1, -0.05) is 28.9 Å². The van der Waals surface area contributed by atoms with Gasteiger partial charge in [0, 0.05) is 12.1 Å². The van der Waals surface area contributed by atoms with Crippen molar-refractivity contribution in [2.45, 2.75) is 44.6 Å². The van der Waals surface area contributed by atoms with Crippen LogP contribution in [0.25, 0.3) is 11.5 Å². The molecule has 1 aromatic heterocycles. The summed E-state index contributed by atoms with van der Waals surface area (Å²) >= 11 is 0. The largest absolute Gasteiger partial charge is 0.403 e. The van der Waals surface area contributed by atoms with Gasteiger partial charge in [0.05, 0.1) is 4.90 Å². The summed E-state index contributed by atoms with van der Waals surface area (Å²) in [4.78, 5) is 13.0. The standard InChI is InChI=1S/C22H24N4O4S/c1-14-6-10-18(11-7-14)31(28,29)26-12-4-5-19(26)20(27)23-22-25-24-21(30-22)17-9-8-15(2)16(3)13-17/h6-11,13,19H,4-5,12H2,1-3H3,(H,23,25,27)/t19-/m0/s1. The van der Waals surface area contributed by atoms with Gasteiger partial charge in [-0.05, 0) is 69.0 Å². The van der Waals surface area contributed by atoms with Crippen LogP contribution in [0.2, 0.25) is 0 Å². The highest BCUT2D eigenvalue weighted by Crippen LogP contribution is 2.28. The van der Waals surface area contributed by atoms with E-state index in [4.69, 9.17) is 4.42 Å². The van der Waals surface area contributed by atoms with Gasteiger partial charge >= 0.3 is 6.01 Å². The summed E-state index contributed by atoms with van der Waals surface area (Å²) in [6, 6.07) is 11.5. The van der Waals surface area contributed by atoms with E-state index in [9.17, 15) is 13.2 Å². The molecule has 1 saturated heterocycles. The van der Waals surface area contributed by atoms with Crippen molar-refractivity contribution in [1.82, 2.24) is 14.5 Å². The Balaban J connectivity index is 1.51. The van der Waals surface area contributed by atoms with Crippen molar-refractivity contribution in [2.75, 3.05) is 11.9 Å². The average Bonchev–Trinajstić information content (AvgIpc) is 3.40. The number of anilines is 1. The quantitative estimate of drug-likeness (QED) is 0.651. The molecule has 3 aromatic rings. The summed E-state index contributed by atoms with van der Waals surface area (Å²) in [5, 5.41) is 10.5. The van der Waals surface area contributed by atoms with Gasteiger partial charge in [-0.2, -0.15) is 4.31 Å². The Morgan fingerprint density at radius 1 is 1.06 bits per heavy atom. The SMILES string of the molecule is Cc1ccc(S(=O)(=O)N2CCC[C@H]2C(=O)Nc2nnc(-c3ccc(C)c(C)c3)o2)cc1. The minimum absolute atomic E-state index is 0.0576. The van der Waals surface area contributed by atoms with Crippen LogP contribution in [0.3, 0.4) is 0 Å². The Labute approximate surface area is 181 Å². The summed E-state index contributed by atoms with van der Waals surface area (Å²) in [5.74, 6) is -0.197. The summed E-state index contributed by atoms with van der Waals surface area (Å²) in [6.07, 6.45) is 1.02. The summed E-state index contributed by atoms with van der Waals surface area (Å²) in [6.45, 7) is 6.17. The van der Waals surface area contributed by atoms with E-state index in [1.165, 1.54) is 4.31 Å². The van der Waals surface area contributed by atoms with E-state index in [-0.39, 0.29) is 23.3 Å². The average molecular weight is 441 g/mol. The van der Waals surface area contributed by atoms with Crippen LogP contribution in [0.1, 0.15) is 29.5 Å². The topological polar surface area (TPSA) is 105 Å². The van der Waals surface area contributed by atoms with Crippen molar-refractivity contribution in [1.29, 1.82) is 0 Å². The Morgan fingerprint density at radius 3 is 2.52 bits per heavy atom. The van der Waals surface area contributed by atoms with E-state index >= 15 is 0 Å². The van der Waals surface area contributed by atoms with E-state index in [0.717, 1.165) is 22.3 Å². The number of hydrogen-bond donors (Lipinski definition) is 1. The van der Waals surface area contributed by atoms with Gasteiger partial charge in [0.25, 0.3) is 0 Å². The smallest absolute Gasteiger partial charge is 0.322 e. The molecule has 4 rings (SSSR count). The number of rotatable bonds is 5. The number of aryl methyl sites for hydroxylation is 3. The molecule has 1 fully saturated rings. The maximum atomic E-state index is 13.1. The lowest BCUT2D eigenvalue weighted by Gasteiger charge is -2.22. The third kappa shape index (κ3) is 4.24. The highest BCUT2D eigenvalue weighted by Gasteiger charge is 2.39. The third-order valence-corrected chi connectivity index (χ3v) is 7.47. The Bertz CT molecular complexity index is 1220. The normalized spacial score (nSPS) is 17.1. The fourth-order valence-corrected chi connectivity index (χ4v) is 5.25. The zero-order valence-corrected chi connectivity index (χ0v) is 18.4. The van der Waals surface area contributed by atoms with Gasteiger partial charge in [-0.3, -0.25) is 10.1 Å². The first-order valence-corrected chi connectivity index (χ1v) is 11.5. The van der Waals surface area contributed by atoms with E-state index in [1.54, 1.807) is 24.3 Å². The van der Waals surface area contributed by atoms with E-state index in [1.807, 2.05) is 39.0 Å². The first kappa shape index (κ1) is 21.2. The Hall–Kier alpha value is -3.04. The number of aromatic nitrogens is 2. The molecule has 2 aromatic carbocycles. The van der Waals surface area contributed by atoms with Crippen LogP contribution in [-0.4, -0.2) is 41.4 Å². The molecular formula is C22H24N4O4S. The third-order valence-electron chi connectivity index (χ3n) is 5.54. The second kappa shape index (κ2) is 8.24. The van der Waals surface area contributed by atoms with Crippen LogP contribution in [0.4, 0.5) is 6.01 Å². The molecule has 1 atom stereocenters. The molecule has 0 unspecified atom stereocenters. The molecule has 31 heavy (non-hydrogen) atoms. The molecule has 0 saturated carbocycles. The van der Waals surface area contributed by atoms with Crippen LogP contribution >= 0.6 is 0 Å². The fourth-order valence-electron chi connectivity index (χ4n) is 3.59. The van der Waals surface area contributed by atoms with Crippen molar-refractivity contribution >= 4 is 21.9 Å². The van der Waals surface area contributed by atoms with Gasteiger partial charge in [0.2, 0.25) is 21.8 Å². The van der Waals surface area contributed by atoms with Crippen molar-refractivity contribution in [2.24, 2.45) is 0 Å². The lowest BCUT2D eigenvalue weighted by Crippen LogP contribution is -2.43. The van der Waals surface area contributed by atoms with Crippen LogP contribution < -0.4 is 5.32 Å².